The summed E-state index contributed by atoms with van der Waals surface area (Å²) >= 11 is 0. The number of hydrogen-bond donors (Lipinski definition) is 2. The monoisotopic (exact) mass is 263 g/mol. The molecule has 0 aliphatic carbocycles. The van der Waals surface area contributed by atoms with Gasteiger partial charge in [-0.25, -0.2) is 0 Å². The minimum absolute atomic E-state index is 0.0530. The first kappa shape index (κ1) is 15.2. The second-order valence-electron chi connectivity index (χ2n) is 4.31. The third-order valence-corrected chi connectivity index (χ3v) is 2.81. The molecule has 2 amide bonds. The third kappa shape index (κ3) is 4.71. The molecule has 0 unspecified atom stereocenters. The van der Waals surface area contributed by atoms with Gasteiger partial charge < -0.3 is 15.5 Å². The van der Waals surface area contributed by atoms with Crippen molar-refractivity contribution in [2.45, 2.75) is 13.5 Å². The predicted octanol–water partition coefficient (Wildman–Crippen LogP) is 0.614. The summed E-state index contributed by atoms with van der Waals surface area (Å²) in [6.45, 7) is 3.63. The van der Waals surface area contributed by atoms with Crippen LogP contribution in [-0.2, 0) is 11.3 Å². The van der Waals surface area contributed by atoms with Crippen LogP contribution in [0.25, 0.3) is 0 Å². The maximum absolute atomic E-state index is 11.7. The van der Waals surface area contributed by atoms with E-state index >= 15 is 0 Å². The molecule has 1 aromatic rings. The zero-order valence-electron chi connectivity index (χ0n) is 11.7. The summed E-state index contributed by atoms with van der Waals surface area (Å²) in [5.74, 6) is -0.0552. The molecule has 0 heterocycles. The van der Waals surface area contributed by atoms with Crippen molar-refractivity contribution in [3.05, 3.63) is 35.4 Å². The molecule has 0 fully saturated rings. The molecule has 0 atom stereocenters. The Morgan fingerprint density at radius 2 is 1.84 bits per heavy atom. The highest BCUT2D eigenvalue weighted by Gasteiger charge is 2.09. The SMILES string of the molecule is CCNCC(=O)N(C)Cc1ccc(C(=O)NC)cc1. The fourth-order valence-corrected chi connectivity index (χ4v) is 1.63. The predicted molar refractivity (Wildman–Crippen MR) is 74.8 cm³/mol. The Morgan fingerprint density at radius 1 is 1.21 bits per heavy atom. The quantitative estimate of drug-likeness (QED) is 0.790. The van der Waals surface area contributed by atoms with E-state index in [9.17, 15) is 9.59 Å². The maximum atomic E-state index is 11.7. The van der Waals surface area contributed by atoms with E-state index in [1.54, 1.807) is 31.1 Å². The molecule has 104 valence electrons. The summed E-state index contributed by atoms with van der Waals surface area (Å²) in [5.41, 5.74) is 1.62. The number of likely N-dealkylation sites (N-methyl/N-ethyl adjacent to an activating group) is 2. The van der Waals surface area contributed by atoms with E-state index < -0.39 is 0 Å². The number of nitrogens with zero attached hydrogens (tertiary/aromatic N) is 1. The van der Waals surface area contributed by atoms with Gasteiger partial charge in [-0.3, -0.25) is 9.59 Å². The van der Waals surface area contributed by atoms with Gasteiger partial charge >= 0.3 is 0 Å². The highest BCUT2D eigenvalue weighted by Crippen LogP contribution is 2.07. The molecule has 0 aromatic heterocycles. The van der Waals surface area contributed by atoms with Gasteiger partial charge in [0, 0.05) is 26.2 Å². The molecular formula is C14H21N3O2. The Balaban J connectivity index is 2.57. The zero-order valence-corrected chi connectivity index (χ0v) is 11.7. The molecule has 0 saturated heterocycles. The van der Waals surface area contributed by atoms with Crippen molar-refractivity contribution >= 4 is 11.8 Å². The Morgan fingerprint density at radius 3 is 2.37 bits per heavy atom. The van der Waals surface area contributed by atoms with Crippen molar-refractivity contribution in [2.75, 3.05) is 27.2 Å². The average molecular weight is 263 g/mol. The van der Waals surface area contributed by atoms with Gasteiger partial charge in [-0.15, -0.1) is 0 Å². The van der Waals surface area contributed by atoms with E-state index in [0.717, 1.165) is 12.1 Å². The van der Waals surface area contributed by atoms with Gasteiger partial charge in [0.25, 0.3) is 5.91 Å². The van der Waals surface area contributed by atoms with E-state index in [1.807, 2.05) is 19.1 Å². The van der Waals surface area contributed by atoms with Gasteiger partial charge in [0.2, 0.25) is 5.91 Å². The van der Waals surface area contributed by atoms with Crippen LogP contribution in [0.5, 0.6) is 0 Å². The second-order valence-corrected chi connectivity index (χ2v) is 4.31. The fraction of sp³-hybridized carbons (Fsp3) is 0.429. The lowest BCUT2D eigenvalue weighted by atomic mass is 10.1. The van der Waals surface area contributed by atoms with E-state index in [-0.39, 0.29) is 11.8 Å². The second kappa shape index (κ2) is 7.53. The molecule has 0 aliphatic heterocycles. The number of benzene rings is 1. The highest BCUT2D eigenvalue weighted by atomic mass is 16.2. The first-order valence-corrected chi connectivity index (χ1v) is 6.34. The lowest BCUT2D eigenvalue weighted by Gasteiger charge is -2.17. The summed E-state index contributed by atoms with van der Waals surface area (Å²) in [6, 6.07) is 7.25. The first-order valence-electron chi connectivity index (χ1n) is 6.34. The number of carbonyl (C=O) groups excluding carboxylic acids is 2. The van der Waals surface area contributed by atoms with Gasteiger partial charge in [-0.1, -0.05) is 19.1 Å². The first-order chi connectivity index (χ1) is 9.08. The van der Waals surface area contributed by atoms with Crippen LogP contribution >= 0.6 is 0 Å². The fourth-order valence-electron chi connectivity index (χ4n) is 1.63. The number of hydrogen-bond acceptors (Lipinski definition) is 3. The van der Waals surface area contributed by atoms with Crippen molar-refractivity contribution in [1.82, 2.24) is 15.5 Å². The van der Waals surface area contributed by atoms with Gasteiger partial charge in [0.05, 0.1) is 6.54 Å². The van der Waals surface area contributed by atoms with Gasteiger partial charge in [0.1, 0.15) is 0 Å². The van der Waals surface area contributed by atoms with Crippen LogP contribution in [0.3, 0.4) is 0 Å². The zero-order chi connectivity index (χ0) is 14.3. The van der Waals surface area contributed by atoms with Crippen LogP contribution in [0.1, 0.15) is 22.8 Å². The Bertz CT molecular complexity index is 429. The third-order valence-electron chi connectivity index (χ3n) is 2.81. The number of rotatable bonds is 6. The molecule has 0 aliphatic rings. The molecule has 0 saturated carbocycles. The maximum Gasteiger partial charge on any atom is 0.251 e. The van der Waals surface area contributed by atoms with E-state index in [1.165, 1.54) is 0 Å². The van der Waals surface area contributed by atoms with Gasteiger partial charge in [0.15, 0.2) is 0 Å². The standard InChI is InChI=1S/C14H21N3O2/c1-4-16-9-13(18)17(3)10-11-5-7-12(8-6-11)14(19)15-2/h5-8,16H,4,9-10H2,1-3H3,(H,15,19). The smallest absolute Gasteiger partial charge is 0.251 e. The molecule has 0 radical (unpaired) electrons. The van der Waals surface area contributed by atoms with Crippen LogP contribution in [-0.4, -0.2) is 43.9 Å². The number of carbonyl (C=O) groups is 2. The number of nitrogens with one attached hydrogen (secondary N) is 2. The molecule has 2 N–H and O–H groups in total. The average Bonchev–Trinajstić information content (AvgIpc) is 2.44. The van der Waals surface area contributed by atoms with E-state index in [2.05, 4.69) is 10.6 Å². The summed E-state index contributed by atoms with van der Waals surface area (Å²) in [5, 5.41) is 5.57. The van der Waals surface area contributed by atoms with Crippen LogP contribution in [0, 0.1) is 0 Å². The van der Waals surface area contributed by atoms with Gasteiger partial charge in [-0.2, -0.15) is 0 Å². The van der Waals surface area contributed by atoms with Crippen LogP contribution in [0.15, 0.2) is 24.3 Å². The number of amides is 2. The summed E-state index contributed by atoms with van der Waals surface area (Å²) in [7, 11) is 3.37. The summed E-state index contributed by atoms with van der Waals surface area (Å²) in [6.07, 6.45) is 0. The molecule has 19 heavy (non-hydrogen) atoms. The van der Waals surface area contributed by atoms with Crippen LogP contribution in [0.2, 0.25) is 0 Å². The molecule has 0 bridgehead atoms. The topological polar surface area (TPSA) is 61.4 Å². The molecule has 5 heteroatoms. The Labute approximate surface area is 114 Å². The normalized spacial score (nSPS) is 10.1. The lowest BCUT2D eigenvalue weighted by Crippen LogP contribution is -2.35. The van der Waals surface area contributed by atoms with Crippen molar-refractivity contribution in [3.8, 4) is 0 Å². The van der Waals surface area contributed by atoms with Crippen LogP contribution < -0.4 is 10.6 Å². The minimum Gasteiger partial charge on any atom is -0.355 e. The molecular weight excluding hydrogens is 242 g/mol. The molecule has 5 nitrogen and oxygen atoms in total. The van der Waals surface area contributed by atoms with Crippen LogP contribution in [0.4, 0.5) is 0 Å². The summed E-state index contributed by atoms with van der Waals surface area (Å²) < 4.78 is 0. The lowest BCUT2D eigenvalue weighted by molar-refractivity contribution is -0.129. The van der Waals surface area contributed by atoms with Crippen molar-refractivity contribution in [2.24, 2.45) is 0 Å². The highest BCUT2D eigenvalue weighted by molar-refractivity contribution is 5.93. The molecule has 1 aromatic carbocycles. The van der Waals surface area contributed by atoms with Crippen molar-refractivity contribution < 1.29 is 9.59 Å². The van der Waals surface area contributed by atoms with Crippen molar-refractivity contribution in [3.63, 3.8) is 0 Å². The summed E-state index contributed by atoms with van der Waals surface area (Å²) in [4.78, 5) is 24.8. The Hall–Kier alpha value is -1.88. The van der Waals surface area contributed by atoms with E-state index in [0.29, 0.717) is 18.7 Å². The largest absolute Gasteiger partial charge is 0.355 e. The molecule has 0 spiro atoms. The minimum atomic E-state index is -0.108. The van der Waals surface area contributed by atoms with E-state index in [4.69, 9.17) is 0 Å². The van der Waals surface area contributed by atoms with Gasteiger partial charge in [-0.05, 0) is 24.2 Å². The molecule has 1 rings (SSSR count). The van der Waals surface area contributed by atoms with Crippen molar-refractivity contribution in [1.29, 1.82) is 0 Å². The Kier molecular flexibility index (Phi) is 6.02.